The van der Waals surface area contributed by atoms with Crippen molar-refractivity contribution in [3.05, 3.63) is 29.8 Å². The average molecular weight is 303 g/mol. The molecule has 0 aliphatic rings. The third kappa shape index (κ3) is 7.81. The second kappa shape index (κ2) is 10.8. The highest BCUT2D eigenvalue weighted by Gasteiger charge is 2.02. The minimum absolute atomic E-state index is 0.0168. The van der Waals surface area contributed by atoms with Gasteiger partial charge in [-0.3, -0.25) is 4.79 Å². The average Bonchev–Trinajstić information content (AvgIpc) is 2.51. The van der Waals surface area contributed by atoms with E-state index in [9.17, 15) is 4.79 Å². The highest BCUT2D eigenvalue weighted by molar-refractivity contribution is 5.99. The highest BCUT2D eigenvalue weighted by Crippen LogP contribution is 2.09. The van der Waals surface area contributed by atoms with Crippen molar-refractivity contribution in [2.75, 3.05) is 5.73 Å². The molecule has 3 N–H and O–H groups in total. The molecule has 0 atom stereocenters. The van der Waals surface area contributed by atoms with Crippen molar-refractivity contribution in [1.82, 2.24) is 5.43 Å². The standard InChI is InChI=1S/C18H29N3O/c1-3-4-5-6-7-8-9-13-18(22)21-20-15(2)16-11-10-12-17(19)14-16/h10-12,14H,3-9,13,19H2,1-2H3,(H,21,22). The van der Waals surface area contributed by atoms with E-state index in [1.807, 2.05) is 31.2 Å². The van der Waals surface area contributed by atoms with E-state index < -0.39 is 0 Å². The smallest absolute Gasteiger partial charge is 0.240 e. The van der Waals surface area contributed by atoms with Crippen LogP contribution in [-0.2, 0) is 4.79 Å². The Balaban J connectivity index is 2.21. The van der Waals surface area contributed by atoms with Gasteiger partial charge < -0.3 is 5.73 Å². The van der Waals surface area contributed by atoms with Crippen molar-refractivity contribution in [1.29, 1.82) is 0 Å². The lowest BCUT2D eigenvalue weighted by Gasteiger charge is -2.04. The van der Waals surface area contributed by atoms with Crippen LogP contribution in [-0.4, -0.2) is 11.6 Å². The Labute approximate surface area is 134 Å². The molecule has 22 heavy (non-hydrogen) atoms. The molecule has 0 unspecified atom stereocenters. The normalized spacial score (nSPS) is 11.5. The molecule has 0 aliphatic carbocycles. The first-order valence-corrected chi connectivity index (χ1v) is 8.32. The van der Waals surface area contributed by atoms with Crippen LogP contribution in [0, 0.1) is 0 Å². The van der Waals surface area contributed by atoms with Gasteiger partial charge in [-0.25, -0.2) is 5.43 Å². The van der Waals surface area contributed by atoms with Gasteiger partial charge in [0.25, 0.3) is 0 Å². The fraction of sp³-hybridized carbons (Fsp3) is 0.556. The summed E-state index contributed by atoms with van der Waals surface area (Å²) in [5, 5.41) is 4.14. The quantitative estimate of drug-likeness (QED) is 0.294. The van der Waals surface area contributed by atoms with Crippen molar-refractivity contribution in [2.45, 2.75) is 65.2 Å². The van der Waals surface area contributed by atoms with Crippen LogP contribution in [0.1, 0.15) is 70.8 Å². The first kappa shape index (κ1) is 18.2. The molecular formula is C18H29N3O. The Morgan fingerprint density at radius 3 is 2.50 bits per heavy atom. The van der Waals surface area contributed by atoms with Crippen LogP contribution in [0.2, 0.25) is 0 Å². The van der Waals surface area contributed by atoms with Crippen LogP contribution in [0.5, 0.6) is 0 Å². The Hall–Kier alpha value is -1.84. The van der Waals surface area contributed by atoms with Crippen LogP contribution in [0.25, 0.3) is 0 Å². The number of carbonyl (C=O) groups is 1. The summed E-state index contributed by atoms with van der Waals surface area (Å²) >= 11 is 0. The van der Waals surface area contributed by atoms with Gasteiger partial charge in [-0.05, 0) is 31.0 Å². The van der Waals surface area contributed by atoms with Crippen molar-refractivity contribution >= 4 is 17.3 Å². The van der Waals surface area contributed by atoms with Gasteiger partial charge in [-0.1, -0.05) is 57.6 Å². The fourth-order valence-electron chi connectivity index (χ4n) is 2.27. The van der Waals surface area contributed by atoms with Gasteiger partial charge in [0, 0.05) is 12.1 Å². The molecule has 0 spiro atoms. The number of anilines is 1. The molecule has 1 amide bonds. The van der Waals surface area contributed by atoms with Gasteiger partial charge in [-0.15, -0.1) is 0 Å². The van der Waals surface area contributed by atoms with Gasteiger partial charge in [0.2, 0.25) is 5.91 Å². The summed E-state index contributed by atoms with van der Waals surface area (Å²) in [5.41, 5.74) is 10.7. The fourth-order valence-corrected chi connectivity index (χ4v) is 2.27. The lowest BCUT2D eigenvalue weighted by Crippen LogP contribution is -2.18. The van der Waals surface area contributed by atoms with Crippen molar-refractivity contribution in [3.8, 4) is 0 Å². The van der Waals surface area contributed by atoms with Gasteiger partial charge in [0.05, 0.1) is 5.71 Å². The minimum atomic E-state index is -0.0168. The molecule has 4 nitrogen and oxygen atoms in total. The van der Waals surface area contributed by atoms with E-state index in [0.717, 1.165) is 24.1 Å². The number of nitrogen functional groups attached to an aromatic ring is 1. The Kier molecular flexibility index (Phi) is 8.96. The lowest BCUT2D eigenvalue weighted by molar-refractivity contribution is -0.121. The zero-order valence-corrected chi connectivity index (χ0v) is 13.9. The third-order valence-electron chi connectivity index (χ3n) is 3.66. The Bertz CT molecular complexity index is 483. The summed E-state index contributed by atoms with van der Waals surface area (Å²) in [6.07, 6.45) is 9.00. The van der Waals surface area contributed by atoms with Crippen molar-refractivity contribution in [2.24, 2.45) is 5.10 Å². The number of carbonyl (C=O) groups excluding carboxylic acids is 1. The SMILES string of the molecule is CCCCCCCCCC(=O)NN=C(C)c1cccc(N)c1. The first-order chi connectivity index (χ1) is 10.6. The predicted molar refractivity (Wildman–Crippen MR) is 93.8 cm³/mol. The number of unbranched alkanes of at least 4 members (excludes halogenated alkanes) is 6. The third-order valence-corrected chi connectivity index (χ3v) is 3.66. The number of nitrogens with zero attached hydrogens (tertiary/aromatic N) is 1. The maximum atomic E-state index is 11.7. The molecule has 0 saturated carbocycles. The number of nitrogens with two attached hydrogens (primary N) is 1. The molecule has 0 fully saturated rings. The van der Waals surface area contributed by atoms with Crippen LogP contribution in [0.15, 0.2) is 29.4 Å². The highest BCUT2D eigenvalue weighted by atomic mass is 16.2. The summed E-state index contributed by atoms with van der Waals surface area (Å²) < 4.78 is 0. The summed E-state index contributed by atoms with van der Waals surface area (Å²) in [6.45, 7) is 4.08. The van der Waals surface area contributed by atoms with E-state index >= 15 is 0 Å². The number of hydrazone groups is 1. The van der Waals surface area contributed by atoms with Crippen LogP contribution < -0.4 is 11.2 Å². The first-order valence-electron chi connectivity index (χ1n) is 8.32. The number of benzene rings is 1. The van der Waals surface area contributed by atoms with Crippen LogP contribution in [0.3, 0.4) is 0 Å². The topological polar surface area (TPSA) is 67.5 Å². The van der Waals surface area contributed by atoms with Crippen molar-refractivity contribution in [3.63, 3.8) is 0 Å². The predicted octanol–water partition coefficient (Wildman–Crippen LogP) is 4.25. The van der Waals surface area contributed by atoms with Gasteiger partial charge in [0.1, 0.15) is 0 Å². The van der Waals surface area contributed by atoms with E-state index in [1.54, 1.807) is 0 Å². The number of hydrogen-bond acceptors (Lipinski definition) is 3. The van der Waals surface area contributed by atoms with E-state index in [2.05, 4.69) is 17.5 Å². The number of amides is 1. The van der Waals surface area contributed by atoms with E-state index in [4.69, 9.17) is 5.73 Å². The molecule has 0 bridgehead atoms. The molecule has 0 aliphatic heterocycles. The van der Waals surface area contributed by atoms with Crippen LogP contribution >= 0.6 is 0 Å². The lowest BCUT2D eigenvalue weighted by atomic mass is 10.1. The number of hydrogen-bond donors (Lipinski definition) is 2. The van der Waals surface area contributed by atoms with E-state index in [-0.39, 0.29) is 5.91 Å². The number of rotatable bonds is 10. The summed E-state index contributed by atoms with van der Waals surface area (Å²) in [4.78, 5) is 11.7. The zero-order chi connectivity index (χ0) is 16.2. The Morgan fingerprint density at radius 1 is 1.14 bits per heavy atom. The largest absolute Gasteiger partial charge is 0.399 e. The summed E-state index contributed by atoms with van der Waals surface area (Å²) in [7, 11) is 0. The molecule has 0 heterocycles. The molecule has 1 aromatic rings. The second-order valence-corrected chi connectivity index (χ2v) is 5.73. The molecule has 1 rings (SSSR count). The molecule has 122 valence electrons. The molecule has 1 aromatic carbocycles. The number of nitrogens with one attached hydrogen (secondary N) is 1. The Morgan fingerprint density at radius 2 is 1.82 bits per heavy atom. The molecular weight excluding hydrogens is 274 g/mol. The summed E-state index contributed by atoms with van der Waals surface area (Å²) in [5.74, 6) is -0.0168. The maximum Gasteiger partial charge on any atom is 0.240 e. The zero-order valence-electron chi connectivity index (χ0n) is 13.9. The summed E-state index contributed by atoms with van der Waals surface area (Å²) in [6, 6.07) is 7.48. The van der Waals surface area contributed by atoms with Crippen molar-refractivity contribution < 1.29 is 4.79 Å². The molecule has 0 aromatic heterocycles. The maximum absolute atomic E-state index is 11.7. The van der Waals surface area contributed by atoms with E-state index in [0.29, 0.717) is 12.1 Å². The second-order valence-electron chi connectivity index (χ2n) is 5.73. The molecule has 0 radical (unpaired) electrons. The van der Waals surface area contributed by atoms with Gasteiger partial charge in [-0.2, -0.15) is 5.10 Å². The van der Waals surface area contributed by atoms with Crippen LogP contribution in [0.4, 0.5) is 5.69 Å². The molecule has 4 heteroatoms. The minimum Gasteiger partial charge on any atom is -0.399 e. The monoisotopic (exact) mass is 303 g/mol. The van der Waals surface area contributed by atoms with Gasteiger partial charge in [0.15, 0.2) is 0 Å². The van der Waals surface area contributed by atoms with E-state index in [1.165, 1.54) is 32.1 Å². The molecule has 0 saturated heterocycles. The van der Waals surface area contributed by atoms with Gasteiger partial charge >= 0.3 is 0 Å².